The first-order valence-electron chi connectivity index (χ1n) is 6.66. The molecule has 0 N–H and O–H groups in total. The molecule has 98 valence electrons. The van der Waals surface area contributed by atoms with E-state index in [1.807, 2.05) is 26.2 Å². The van der Waals surface area contributed by atoms with Crippen molar-refractivity contribution in [2.75, 3.05) is 0 Å². The third-order valence-corrected chi connectivity index (χ3v) is 2.09. The van der Waals surface area contributed by atoms with Crippen molar-refractivity contribution in [2.24, 2.45) is 11.3 Å². The Kier molecular flexibility index (Phi) is 7.01. The summed E-state index contributed by atoms with van der Waals surface area (Å²) in [6.07, 6.45) is 5.84. The number of rotatable bonds is 3. The van der Waals surface area contributed by atoms with Crippen molar-refractivity contribution in [2.45, 2.75) is 61.3 Å². The molecule has 0 unspecified atom stereocenters. The summed E-state index contributed by atoms with van der Waals surface area (Å²) in [5.41, 5.74) is 2.48. The Morgan fingerprint density at radius 3 is 1.82 bits per heavy atom. The van der Waals surface area contributed by atoms with E-state index < -0.39 is 0 Å². The number of hydrogen-bond acceptors (Lipinski definition) is 2. The van der Waals surface area contributed by atoms with Crippen LogP contribution in [0.3, 0.4) is 0 Å². The Balaban J connectivity index is 0.00000121. The Morgan fingerprint density at radius 1 is 1.00 bits per heavy atom. The number of hydrogen-bond donors (Lipinski definition) is 0. The predicted octanol–water partition coefficient (Wildman–Crippen LogP) is 4.29. The molecule has 0 aromatic carbocycles. The van der Waals surface area contributed by atoms with Crippen LogP contribution in [0.2, 0.25) is 0 Å². The number of nitrogens with zero attached hydrogens (tertiary/aromatic N) is 2. The molecule has 1 heterocycles. The Morgan fingerprint density at radius 2 is 1.47 bits per heavy atom. The van der Waals surface area contributed by atoms with E-state index in [4.69, 9.17) is 0 Å². The normalized spacial score (nSPS) is 11.1. The van der Waals surface area contributed by atoms with Crippen molar-refractivity contribution in [1.29, 1.82) is 0 Å². The van der Waals surface area contributed by atoms with Gasteiger partial charge in [-0.2, -0.15) is 0 Å². The molecular formula is C15H28N2. The fourth-order valence-electron chi connectivity index (χ4n) is 1.54. The van der Waals surface area contributed by atoms with Crippen LogP contribution in [0.25, 0.3) is 0 Å². The predicted molar refractivity (Wildman–Crippen MR) is 75.1 cm³/mol. The molecule has 1 rings (SSSR count). The van der Waals surface area contributed by atoms with Gasteiger partial charge in [0.25, 0.3) is 0 Å². The second kappa shape index (κ2) is 7.41. The van der Waals surface area contributed by atoms with Gasteiger partial charge in [-0.3, -0.25) is 9.97 Å². The SMILES string of the molecule is CC.CC(C)Cc1cnc(CC(C)(C)C)cn1. The second-order valence-corrected chi connectivity index (χ2v) is 5.83. The van der Waals surface area contributed by atoms with Crippen LogP contribution < -0.4 is 0 Å². The molecule has 17 heavy (non-hydrogen) atoms. The van der Waals surface area contributed by atoms with Crippen molar-refractivity contribution < 1.29 is 0 Å². The molecule has 1 aromatic heterocycles. The van der Waals surface area contributed by atoms with Crippen LogP contribution in [-0.2, 0) is 12.8 Å². The zero-order chi connectivity index (χ0) is 13.5. The summed E-state index contributed by atoms with van der Waals surface area (Å²) in [5.74, 6) is 0.646. The molecule has 0 spiro atoms. The van der Waals surface area contributed by atoms with E-state index in [1.54, 1.807) is 0 Å². The molecule has 0 radical (unpaired) electrons. The zero-order valence-electron chi connectivity index (χ0n) is 12.5. The molecule has 0 atom stereocenters. The molecule has 0 amide bonds. The monoisotopic (exact) mass is 236 g/mol. The summed E-state index contributed by atoms with van der Waals surface area (Å²) >= 11 is 0. The van der Waals surface area contributed by atoms with Gasteiger partial charge in [0.2, 0.25) is 0 Å². The summed E-state index contributed by atoms with van der Waals surface area (Å²) < 4.78 is 0. The van der Waals surface area contributed by atoms with Gasteiger partial charge in [-0.05, 0) is 24.2 Å². The van der Waals surface area contributed by atoms with Crippen LogP contribution >= 0.6 is 0 Å². The lowest BCUT2D eigenvalue weighted by Gasteiger charge is -2.17. The Hall–Kier alpha value is -0.920. The van der Waals surface area contributed by atoms with Crippen molar-refractivity contribution in [3.63, 3.8) is 0 Å². The lowest BCUT2D eigenvalue weighted by Crippen LogP contribution is -2.11. The maximum atomic E-state index is 4.45. The first-order valence-corrected chi connectivity index (χ1v) is 6.66. The minimum absolute atomic E-state index is 0.286. The Bertz CT molecular complexity index is 294. The highest BCUT2D eigenvalue weighted by Gasteiger charge is 2.12. The highest BCUT2D eigenvalue weighted by atomic mass is 14.8. The summed E-state index contributed by atoms with van der Waals surface area (Å²) in [4.78, 5) is 8.90. The average Bonchev–Trinajstić information content (AvgIpc) is 2.21. The summed E-state index contributed by atoms with van der Waals surface area (Å²) in [5, 5.41) is 0. The molecule has 0 saturated carbocycles. The first-order chi connectivity index (χ1) is 7.87. The quantitative estimate of drug-likeness (QED) is 0.782. The highest BCUT2D eigenvalue weighted by molar-refractivity contribution is 5.04. The van der Waals surface area contributed by atoms with Crippen LogP contribution in [-0.4, -0.2) is 9.97 Å². The summed E-state index contributed by atoms with van der Waals surface area (Å²) in [7, 11) is 0. The fourth-order valence-corrected chi connectivity index (χ4v) is 1.54. The molecule has 0 bridgehead atoms. The van der Waals surface area contributed by atoms with E-state index in [2.05, 4.69) is 44.6 Å². The van der Waals surface area contributed by atoms with E-state index in [-0.39, 0.29) is 5.41 Å². The molecule has 0 aliphatic rings. The minimum atomic E-state index is 0.286. The van der Waals surface area contributed by atoms with Crippen LogP contribution in [0.5, 0.6) is 0 Å². The molecule has 0 aliphatic carbocycles. The van der Waals surface area contributed by atoms with E-state index in [0.717, 1.165) is 24.2 Å². The fraction of sp³-hybridized carbons (Fsp3) is 0.733. The van der Waals surface area contributed by atoms with E-state index >= 15 is 0 Å². The summed E-state index contributed by atoms with van der Waals surface area (Å²) in [6, 6.07) is 0. The van der Waals surface area contributed by atoms with Gasteiger partial charge in [0, 0.05) is 12.4 Å². The van der Waals surface area contributed by atoms with Crippen LogP contribution in [0, 0.1) is 11.3 Å². The minimum Gasteiger partial charge on any atom is -0.258 e. The van der Waals surface area contributed by atoms with Gasteiger partial charge in [0.1, 0.15) is 0 Å². The van der Waals surface area contributed by atoms with Gasteiger partial charge in [0.05, 0.1) is 11.4 Å². The molecule has 0 saturated heterocycles. The van der Waals surface area contributed by atoms with Crippen LogP contribution in [0.4, 0.5) is 0 Å². The van der Waals surface area contributed by atoms with Gasteiger partial charge >= 0.3 is 0 Å². The van der Waals surface area contributed by atoms with Crippen LogP contribution in [0.15, 0.2) is 12.4 Å². The van der Waals surface area contributed by atoms with Crippen molar-refractivity contribution in [3.8, 4) is 0 Å². The van der Waals surface area contributed by atoms with Crippen molar-refractivity contribution >= 4 is 0 Å². The topological polar surface area (TPSA) is 25.8 Å². The maximum Gasteiger partial charge on any atom is 0.0592 e. The smallest absolute Gasteiger partial charge is 0.0592 e. The van der Waals surface area contributed by atoms with Gasteiger partial charge in [0.15, 0.2) is 0 Å². The first kappa shape index (κ1) is 16.1. The van der Waals surface area contributed by atoms with Crippen molar-refractivity contribution in [1.82, 2.24) is 9.97 Å². The van der Waals surface area contributed by atoms with E-state index in [1.165, 1.54) is 0 Å². The standard InChI is InChI=1S/C13H22N2.C2H6/c1-10(2)6-11-8-15-12(9-14-11)7-13(3,4)5;1-2/h8-10H,6-7H2,1-5H3;1-2H3. The van der Waals surface area contributed by atoms with Gasteiger partial charge in [-0.15, -0.1) is 0 Å². The maximum absolute atomic E-state index is 4.45. The van der Waals surface area contributed by atoms with Gasteiger partial charge in [-0.1, -0.05) is 48.5 Å². The molecule has 2 nitrogen and oxygen atoms in total. The van der Waals surface area contributed by atoms with Gasteiger partial charge in [-0.25, -0.2) is 0 Å². The average molecular weight is 236 g/mol. The molecule has 0 aliphatic heterocycles. The zero-order valence-corrected chi connectivity index (χ0v) is 12.5. The lowest BCUT2D eigenvalue weighted by atomic mass is 9.91. The molecule has 0 fully saturated rings. The highest BCUT2D eigenvalue weighted by Crippen LogP contribution is 2.18. The van der Waals surface area contributed by atoms with Gasteiger partial charge < -0.3 is 0 Å². The van der Waals surface area contributed by atoms with E-state index in [9.17, 15) is 0 Å². The third kappa shape index (κ3) is 7.89. The Labute approximate surface area is 107 Å². The molecule has 2 heteroatoms. The molecule has 1 aromatic rings. The lowest BCUT2D eigenvalue weighted by molar-refractivity contribution is 0.405. The largest absolute Gasteiger partial charge is 0.258 e. The van der Waals surface area contributed by atoms with E-state index in [0.29, 0.717) is 5.92 Å². The van der Waals surface area contributed by atoms with Crippen LogP contribution in [0.1, 0.15) is 59.9 Å². The third-order valence-electron chi connectivity index (χ3n) is 2.09. The molecular weight excluding hydrogens is 208 g/mol. The summed E-state index contributed by atoms with van der Waals surface area (Å²) in [6.45, 7) is 15.1. The number of aromatic nitrogens is 2. The van der Waals surface area contributed by atoms with Crippen molar-refractivity contribution in [3.05, 3.63) is 23.8 Å². The second-order valence-electron chi connectivity index (χ2n) is 5.83.